The maximum atomic E-state index is 10.6. The SMILES string of the molecule is N#Cc1ccc(-c2c(-c3ccc(Cl)cc3)cnnc2NNC=O)cn1. The molecule has 0 unspecified atom stereocenters. The highest BCUT2D eigenvalue weighted by atomic mass is 35.5. The van der Waals surface area contributed by atoms with E-state index in [-0.39, 0.29) is 0 Å². The summed E-state index contributed by atoms with van der Waals surface area (Å²) in [5.41, 5.74) is 8.40. The summed E-state index contributed by atoms with van der Waals surface area (Å²) in [4.78, 5) is 14.7. The van der Waals surface area contributed by atoms with Gasteiger partial charge in [-0.1, -0.05) is 23.7 Å². The number of benzene rings is 1. The molecule has 2 heterocycles. The van der Waals surface area contributed by atoms with E-state index in [1.165, 1.54) is 0 Å². The van der Waals surface area contributed by atoms with Crippen LogP contribution in [0, 0.1) is 11.3 Å². The number of rotatable bonds is 5. The highest BCUT2D eigenvalue weighted by Crippen LogP contribution is 2.35. The Kier molecular flexibility index (Phi) is 4.83. The van der Waals surface area contributed by atoms with Crippen LogP contribution in [0.1, 0.15) is 5.69 Å². The average molecular weight is 351 g/mol. The number of amides is 1. The third-order valence-electron chi connectivity index (χ3n) is 3.42. The van der Waals surface area contributed by atoms with Gasteiger partial charge in [-0.3, -0.25) is 15.6 Å². The number of hydrogen-bond donors (Lipinski definition) is 2. The fourth-order valence-electron chi connectivity index (χ4n) is 2.32. The molecule has 0 aliphatic carbocycles. The zero-order valence-corrected chi connectivity index (χ0v) is 13.5. The van der Waals surface area contributed by atoms with E-state index in [1.807, 2.05) is 18.2 Å². The van der Waals surface area contributed by atoms with E-state index in [1.54, 1.807) is 36.7 Å². The minimum Gasteiger partial charge on any atom is -0.280 e. The smallest absolute Gasteiger partial charge is 0.225 e. The second kappa shape index (κ2) is 7.38. The first kappa shape index (κ1) is 16.4. The van der Waals surface area contributed by atoms with Crippen LogP contribution in [0.15, 0.2) is 48.8 Å². The van der Waals surface area contributed by atoms with E-state index in [0.717, 1.165) is 11.1 Å². The van der Waals surface area contributed by atoms with Crippen molar-refractivity contribution in [3.8, 4) is 28.3 Å². The maximum Gasteiger partial charge on any atom is 0.225 e. The van der Waals surface area contributed by atoms with E-state index in [0.29, 0.717) is 34.1 Å². The molecule has 3 aromatic rings. The first-order valence-corrected chi connectivity index (χ1v) is 7.54. The Morgan fingerprint density at radius 1 is 1.08 bits per heavy atom. The van der Waals surface area contributed by atoms with Crippen molar-refractivity contribution in [1.29, 1.82) is 5.26 Å². The Hall–Kier alpha value is -3.50. The number of halogens is 1. The van der Waals surface area contributed by atoms with Crippen LogP contribution >= 0.6 is 11.6 Å². The number of anilines is 1. The van der Waals surface area contributed by atoms with Crippen molar-refractivity contribution < 1.29 is 4.79 Å². The number of pyridine rings is 1. The lowest BCUT2D eigenvalue weighted by Crippen LogP contribution is -2.21. The Bertz CT molecular complexity index is 935. The topological polar surface area (TPSA) is 104 Å². The predicted molar refractivity (Wildman–Crippen MR) is 93.2 cm³/mol. The zero-order chi connectivity index (χ0) is 17.6. The number of carbonyl (C=O) groups excluding carboxylic acids is 1. The van der Waals surface area contributed by atoms with Crippen LogP contribution in [0.4, 0.5) is 5.82 Å². The van der Waals surface area contributed by atoms with Crippen molar-refractivity contribution in [2.24, 2.45) is 0 Å². The van der Waals surface area contributed by atoms with Crippen molar-refractivity contribution in [3.63, 3.8) is 0 Å². The van der Waals surface area contributed by atoms with Crippen LogP contribution in [0.5, 0.6) is 0 Å². The Morgan fingerprint density at radius 2 is 1.84 bits per heavy atom. The highest BCUT2D eigenvalue weighted by molar-refractivity contribution is 6.30. The third-order valence-corrected chi connectivity index (χ3v) is 3.67. The van der Waals surface area contributed by atoms with Gasteiger partial charge in [-0.05, 0) is 29.8 Å². The number of carbonyl (C=O) groups is 1. The molecule has 2 N–H and O–H groups in total. The fourth-order valence-corrected chi connectivity index (χ4v) is 2.45. The van der Waals surface area contributed by atoms with Crippen LogP contribution in [-0.4, -0.2) is 21.6 Å². The summed E-state index contributed by atoms with van der Waals surface area (Å²) in [6.45, 7) is 0. The highest BCUT2D eigenvalue weighted by Gasteiger charge is 2.15. The molecule has 0 spiro atoms. The predicted octanol–water partition coefficient (Wildman–Crippen LogP) is 2.80. The van der Waals surface area contributed by atoms with Crippen LogP contribution in [0.2, 0.25) is 5.02 Å². The Balaban J connectivity index is 2.18. The van der Waals surface area contributed by atoms with Gasteiger partial charge in [0.2, 0.25) is 6.41 Å². The summed E-state index contributed by atoms with van der Waals surface area (Å²) in [5, 5.41) is 17.6. The van der Waals surface area contributed by atoms with E-state index in [4.69, 9.17) is 16.9 Å². The number of nitrogens with one attached hydrogen (secondary N) is 2. The molecule has 1 aromatic carbocycles. The standard InChI is InChI=1S/C17H11ClN6O/c18-13-4-1-11(2-5-13)15-9-21-23-17(24-22-10-25)16(15)12-3-6-14(7-19)20-8-12/h1-6,8-10H,(H,22,25)(H,23,24). The van der Waals surface area contributed by atoms with Crippen molar-refractivity contribution in [3.05, 3.63) is 59.5 Å². The van der Waals surface area contributed by atoms with Crippen molar-refractivity contribution >= 4 is 23.8 Å². The van der Waals surface area contributed by atoms with Gasteiger partial charge in [0.15, 0.2) is 5.82 Å². The summed E-state index contributed by atoms with van der Waals surface area (Å²) >= 11 is 5.96. The fraction of sp³-hybridized carbons (Fsp3) is 0. The lowest BCUT2D eigenvalue weighted by molar-refractivity contribution is -0.109. The average Bonchev–Trinajstić information content (AvgIpc) is 2.67. The summed E-state index contributed by atoms with van der Waals surface area (Å²) in [7, 11) is 0. The minimum atomic E-state index is 0.305. The largest absolute Gasteiger partial charge is 0.280 e. The molecule has 0 radical (unpaired) electrons. The summed E-state index contributed by atoms with van der Waals surface area (Å²) in [5.74, 6) is 0.353. The molecule has 2 aromatic heterocycles. The monoisotopic (exact) mass is 350 g/mol. The van der Waals surface area contributed by atoms with Gasteiger partial charge in [0.1, 0.15) is 11.8 Å². The second-order valence-electron chi connectivity index (χ2n) is 4.92. The molecule has 3 rings (SSSR count). The third kappa shape index (κ3) is 3.54. The van der Waals surface area contributed by atoms with Crippen molar-refractivity contribution in [2.45, 2.75) is 0 Å². The second-order valence-corrected chi connectivity index (χ2v) is 5.36. The van der Waals surface area contributed by atoms with Gasteiger partial charge in [0, 0.05) is 27.9 Å². The van der Waals surface area contributed by atoms with Gasteiger partial charge in [0.05, 0.1) is 6.20 Å². The molecule has 0 saturated heterocycles. The summed E-state index contributed by atoms with van der Waals surface area (Å²) in [6, 6.07) is 12.6. The van der Waals surface area contributed by atoms with Gasteiger partial charge in [-0.2, -0.15) is 10.4 Å². The van der Waals surface area contributed by atoms with E-state index < -0.39 is 0 Å². The maximum absolute atomic E-state index is 10.6. The van der Waals surface area contributed by atoms with E-state index in [2.05, 4.69) is 26.0 Å². The minimum absolute atomic E-state index is 0.305. The lowest BCUT2D eigenvalue weighted by atomic mass is 9.97. The number of nitriles is 1. The molecule has 0 aliphatic heterocycles. The Labute approximate surface area is 148 Å². The van der Waals surface area contributed by atoms with Crippen molar-refractivity contribution in [2.75, 3.05) is 5.43 Å². The number of aromatic nitrogens is 3. The summed E-state index contributed by atoms with van der Waals surface area (Å²) in [6.07, 6.45) is 3.68. The van der Waals surface area contributed by atoms with Gasteiger partial charge in [0.25, 0.3) is 0 Å². The number of hydrazine groups is 1. The van der Waals surface area contributed by atoms with Gasteiger partial charge in [-0.25, -0.2) is 4.98 Å². The molecule has 0 saturated carbocycles. The van der Waals surface area contributed by atoms with Gasteiger partial charge >= 0.3 is 0 Å². The first-order chi connectivity index (χ1) is 12.2. The Morgan fingerprint density at radius 3 is 2.48 bits per heavy atom. The van der Waals surface area contributed by atoms with Gasteiger partial charge in [-0.15, -0.1) is 5.10 Å². The van der Waals surface area contributed by atoms with Gasteiger partial charge < -0.3 is 0 Å². The first-order valence-electron chi connectivity index (χ1n) is 7.16. The molecule has 8 heteroatoms. The summed E-state index contributed by atoms with van der Waals surface area (Å²) < 4.78 is 0. The lowest BCUT2D eigenvalue weighted by Gasteiger charge is -2.14. The molecule has 1 amide bonds. The molecule has 7 nitrogen and oxygen atoms in total. The molecular formula is C17H11ClN6O. The molecule has 0 fully saturated rings. The van der Waals surface area contributed by atoms with Crippen LogP contribution in [0.25, 0.3) is 22.3 Å². The molecule has 0 aliphatic rings. The van der Waals surface area contributed by atoms with Crippen LogP contribution < -0.4 is 10.9 Å². The van der Waals surface area contributed by atoms with Crippen LogP contribution in [0.3, 0.4) is 0 Å². The molecule has 25 heavy (non-hydrogen) atoms. The molecule has 0 atom stereocenters. The van der Waals surface area contributed by atoms with E-state index >= 15 is 0 Å². The van der Waals surface area contributed by atoms with Crippen LogP contribution in [-0.2, 0) is 4.79 Å². The quantitative estimate of drug-likeness (QED) is 0.541. The molecule has 0 bridgehead atoms. The number of nitrogens with zero attached hydrogens (tertiary/aromatic N) is 4. The van der Waals surface area contributed by atoms with Crippen molar-refractivity contribution in [1.82, 2.24) is 20.6 Å². The van der Waals surface area contributed by atoms with E-state index in [9.17, 15) is 4.79 Å². The molecular weight excluding hydrogens is 340 g/mol. The normalized spacial score (nSPS) is 9.92. The number of hydrogen-bond acceptors (Lipinski definition) is 6. The molecule has 122 valence electrons. The zero-order valence-electron chi connectivity index (χ0n) is 12.8.